The van der Waals surface area contributed by atoms with Crippen LogP contribution in [0.2, 0.25) is 4.34 Å². The van der Waals surface area contributed by atoms with Crippen molar-refractivity contribution >= 4 is 34.7 Å². The maximum Gasteiger partial charge on any atom is 0.254 e. The molecule has 0 spiro atoms. The summed E-state index contributed by atoms with van der Waals surface area (Å²) in [5.74, 6) is 5.73. The summed E-state index contributed by atoms with van der Waals surface area (Å²) in [4.78, 5) is 19.2. The Hall–Kier alpha value is -1.63. The molecule has 0 atom stereocenters. The predicted molar refractivity (Wildman–Crippen MR) is 81.9 cm³/mol. The second-order valence-electron chi connectivity index (χ2n) is 4.39. The number of nitrogen functional groups attached to an aromatic ring is 1. The zero-order valence-electron chi connectivity index (χ0n) is 11.2. The zero-order valence-corrected chi connectivity index (χ0v) is 12.8. The number of aromatic nitrogens is 1. The number of nitrogens with one attached hydrogen (secondary N) is 1. The molecule has 2 rings (SSSR count). The van der Waals surface area contributed by atoms with Crippen molar-refractivity contribution in [2.24, 2.45) is 5.84 Å². The number of amides is 1. The maximum absolute atomic E-state index is 12.4. The summed E-state index contributed by atoms with van der Waals surface area (Å²) in [6, 6.07) is 7.11. The third kappa shape index (κ3) is 3.47. The Kier molecular flexibility index (Phi) is 4.59. The molecule has 20 heavy (non-hydrogen) atoms. The van der Waals surface area contributed by atoms with Crippen LogP contribution in [0.3, 0.4) is 0 Å². The molecule has 5 nitrogen and oxygen atoms in total. The van der Waals surface area contributed by atoms with Crippen molar-refractivity contribution in [2.45, 2.75) is 13.5 Å². The number of nitrogens with two attached hydrogens (primary N) is 1. The largest absolute Gasteiger partial charge is 0.337 e. The van der Waals surface area contributed by atoms with Crippen LogP contribution in [0.15, 0.2) is 24.3 Å². The SMILES string of the molecule is Cc1cc(C(=O)N(C)Cc2ccc(Cl)s2)cc(NN)n1. The highest BCUT2D eigenvalue weighted by Crippen LogP contribution is 2.23. The van der Waals surface area contributed by atoms with Crippen molar-refractivity contribution < 1.29 is 4.79 Å². The van der Waals surface area contributed by atoms with E-state index in [-0.39, 0.29) is 5.91 Å². The van der Waals surface area contributed by atoms with Crippen LogP contribution in [0, 0.1) is 6.92 Å². The quantitative estimate of drug-likeness (QED) is 0.673. The Balaban J connectivity index is 2.15. The molecular weight excluding hydrogens is 296 g/mol. The minimum Gasteiger partial charge on any atom is -0.337 e. The van der Waals surface area contributed by atoms with E-state index >= 15 is 0 Å². The van der Waals surface area contributed by atoms with Gasteiger partial charge in [-0.25, -0.2) is 10.8 Å². The summed E-state index contributed by atoms with van der Waals surface area (Å²) in [5, 5.41) is 0. The molecule has 0 fully saturated rings. The van der Waals surface area contributed by atoms with Gasteiger partial charge in [-0.1, -0.05) is 11.6 Å². The summed E-state index contributed by atoms with van der Waals surface area (Å²) in [5.41, 5.74) is 3.74. The minimum absolute atomic E-state index is 0.0866. The molecule has 0 aliphatic heterocycles. The number of hydrogen-bond donors (Lipinski definition) is 2. The third-order valence-electron chi connectivity index (χ3n) is 2.72. The van der Waals surface area contributed by atoms with Crippen LogP contribution in [-0.4, -0.2) is 22.8 Å². The van der Waals surface area contributed by atoms with Crippen molar-refractivity contribution in [1.82, 2.24) is 9.88 Å². The first-order valence-corrected chi connectivity index (χ1v) is 7.14. The average Bonchev–Trinajstić information content (AvgIpc) is 2.82. The van der Waals surface area contributed by atoms with Gasteiger partial charge in [-0.2, -0.15) is 0 Å². The van der Waals surface area contributed by atoms with E-state index in [9.17, 15) is 4.79 Å². The molecule has 0 saturated carbocycles. The molecule has 2 aromatic heterocycles. The summed E-state index contributed by atoms with van der Waals surface area (Å²) in [6.07, 6.45) is 0. The van der Waals surface area contributed by atoms with Crippen LogP contribution < -0.4 is 11.3 Å². The Bertz CT molecular complexity index is 629. The molecular formula is C13H15ClN4OS. The van der Waals surface area contributed by atoms with E-state index in [4.69, 9.17) is 17.4 Å². The van der Waals surface area contributed by atoms with Gasteiger partial charge in [0.25, 0.3) is 5.91 Å². The highest BCUT2D eigenvalue weighted by atomic mass is 35.5. The van der Waals surface area contributed by atoms with E-state index in [1.54, 1.807) is 24.1 Å². The summed E-state index contributed by atoms with van der Waals surface area (Å²) in [6.45, 7) is 2.33. The molecule has 2 aromatic rings. The molecule has 0 unspecified atom stereocenters. The Morgan fingerprint density at radius 3 is 2.85 bits per heavy atom. The lowest BCUT2D eigenvalue weighted by molar-refractivity contribution is 0.0786. The number of hydrogen-bond acceptors (Lipinski definition) is 5. The lowest BCUT2D eigenvalue weighted by Crippen LogP contribution is -2.26. The molecule has 7 heteroatoms. The molecule has 0 bridgehead atoms. The molecule has 1 amide bonds. The lowest BCUT2D eigenvalue weighted by Gasteiger charge is -2.17. The molecule has 0 aromatic carbocycles. The third-order valence-corrected chi connectivity index (χ3v) is 3.93. The topological polar surface area (TPSA) is 71.2 Å². The van der Waals surface area contributed by atoms with Crippen LogP contribution in [-0.2, 0) is 6.54 Å². The van der Waals surface area contributed by atoms with Crippen molar-refractivity contribution in [3.05, 3.63) is 44.7 Å². The number of hydrazine groups is 1. The van der Waals surface area contributed by atoms with Gasteiger partial charge in [0.15, 0.2) is 0 Å². The highest BCUT2D eigenvalue weighted by Gasteiger charge is 2.14. The van der Waals surface area contributed by atoms with Gasteiger partial charge in [0, 0.05) is 23.2 Å². The molecule has 0 radical (unpaired) electrons. The predicted octanol–water partition coefficient (Wildman–Crippen LogP) is 2.66. The second-order valence-corrected chi connectivity index (χ2v) is 6.19. The number of rotatable bonds is 4. The summed E-state index contributed by atoms with van der Waals surface area (Å²) < 4.78 is 0.718. The fraction of sp³-hybridized carbons (Fsp3) is 0.231. The van der Waals surface area contributed by atoms with Crippen LogP contribution in [0.4, 0.5) is 5.82 Å². The van der Waals surface area contributed by atoms with E-state index in [0.717, 1.165) is 14.9 Å². The number of aryl methyl sites for hydroxylation is 1. The number of anilines is 1. The molecule has 106 valence electrons. The van der Waals surface area contributed by atoms with Gasteiger partial charge in [-0.15, -0.1) is 11.3 Å². The van der Waals surface area contributed by atoms with Crippen molar-refractivity contribution in [3.63, 3.8) is 0 Å². The lowest BCUT2D eigenvalue weighted by atomic mass is 10.2. The van der Waals surface area contributed by atoms with Crippen LogP contribution in [0.1, 0.15) is 20.9 Å². The van der Waals surface area contributed by atoms with E-state index in [1.165, 1.54) is 11.3 Å². The van der Waals surface area contributed by atoms with Crippen LogP contribution in [0.5, 0.6) is 0 Å². The number of pyridine rings is 1. The van der Waals surface area contributed by atoms with Gasteiger partial charge in [-0.05, 0) is 31.2 Å². The zero-order chi connectivity index (χ0) is 14.7. The Morgan fingerprint density at radius 2 is 2.25 bits per heavy atom. The monoisotopic (exact) mass is 310 g/mol. The molecule has 0 saturated heterocycles. The summed E-state index contributed by atoms with van der Waals surface area (Å²) in [7, 11) is 1.75. The smallest absolute Gasteiger partial charge is 0.254 e. The van der Waals surface area contributed by atoms with Crippen molar-refractivity contribution in [3.8, 4) is 0 Å². The standard InChI is InChI=1S/C13H15ClN4OS/c1-8-5-9(6-12(16-8)17-15)13(19)18(2)7-10-3-4-11(14)20-10/h3-6H,7,15H2,1-2H3,(H,16,17). The first-order chi connectivity index (χ1) is 9.49. The number of halogens is 1. The molecule has 0 aliphatic rings. The van der Waals surface area contributed by atoms with E-state index in [2.05, 4.69) is 10.4 Å². The number of carbonyl (C=O) groups excluding carboxylic acids is 1. The Labute approximate surface area is 126 Å². The van der Waals surface area contributed by atoms with E-state index in [1.807, 2.05) is 19.1 Å². The van der Waals surface area contributed by atoms with Gasteiger partial charge >= 0.3 is 0 Å². The fourth-order valence-electron chi connectivity index (χ4n) is 1.83. The normalized spacial score (nSPS) is 10.4. The number of carbonyl (C=O) groups is 1. The van der Waals surface area contributed by atoms with Gasteiger partial charge in [0.05, 0.1) is 10.9 Å². The minimum atomic E-state index is -0.0866. The first-order valence-electron chi connectivity index (χ1n) is 5.94. The Morgan fingerprint density at radius 1 is 1.50 bits per heavy atom. The van der Waals surface area contributed by atoms with Gasteiger partial charge in [0.1, 0.15) is 5.82 Å². The first kappa shape index (κ1) is 14.8. The summed E-state index contributed by atoms with van der Waals surface area (Å²) >= 11 is 7.35. The second kappa shape index (κ2) is 6.21. The molecule has 2 heterocycles. The van der Waals surface area contributed by atoms with E-state index in [0.29, 0.717) is 17.9 Å². The van der Waals surface area contributed by atoms with Gasteiger partial charge < -0.3 is 10.3 Å². The van der Waals surface area contributed by atoms with E-state index < -0.39 is 0 Å². The molecule has 3 N–H and O–H groups in total. The number of nitrogens with zero attached hydrogens (tertiary/aromatic N) is 2. The highest BCUT2D eigenvalue weighted by molar-refractivity contribution is 7.16. The van der Waals surface area contributed by atoms with Crippen molar-refractivity contribution in [2.75, 3.05) is 12.5 Å². The molecule has 0 aliphatic carbocycles. The van der Waals surface area contributed by atoms with Gasteiger partial charge in [0.2, 0.25) is 0 Å². The average molecular weight is 311 g/mol. The fourth-order valence-corrected chi connectivity index (χ4v) is 2.97. The van der Waals surface area contributed by atoms with Crippen LogP contribution in [0.25, 0.3) is 0 Å². The van der Waals surface area contributed by atoms with Crippen LogP contribution >= 0.6 is 22.9 Å². The van der Waals surface area contributed by atoms with Gasteiger partial charge in [-0.3, -0.25) is 4.79 Å². The number of thiophene rings is 1. The van der Waals surface area contributed by atoms with Crippen molar-refractivity contribution in [1.29, 1.82) is 0 Å². The maximum atomic E-state index is 12.4.